The van der Waals surface area contributed by atoms with E-state index < -0.39 is 0 Å². The molecule has 0 aromatic carbocycles. The topological polar surface area (TPSA) is 66.9 Å². The Morgan fingerprint density at radius 3 is 2.94 bits per heavy atom. The molecule has 1 heterocycles. The zero-order valence-corrected chi connectivity index (χ0v) is 9.92. The summed E-state index contributed by atoms with van der Waals surface area (Å²) in [5.41, 5.74) is 0.215. The second kappa shape index (κ2) is 7.14. The van der Waals surface area contributed by atoms with Gasteiger partial charge in [0.1, 0.15) is 12.0 Å². The van der Waals surface area contributed by atoms with Crippen LogP contribution in [0.5, 0.6) is 0 Å². The van der Waals surface area contributed by atoms with E-state index in [9.17, 15) is 4.79 Å². The average Bonchev–Trinajstić information content (AvgIpc) is 2.29. The molecule has 0 spiro atoms. The van der Waals surface area contributed by atoms with Gasteiger partial charge in [0, 0.05) is 19.3 Å². The van der Waals surface area contributed by atoms with Gasteiger partial charge in [0.2, 0.25) is 0 Å². The highest BCUT2D eigenvalue weighted by molar-refractivity contribution is 6.33. The molecule has 88 valence electrons. The number of amides is 1. The van der Waals surface area contributed by atoms with Gasteiger partial charge in [-0.3, -0.25) is 4.79 Å². The minimum absolute atomic E-state index is 0.215. The van der Waals surface area contributed by atoms with Crippen molar-refractivity contribution in [1.82, 2.24) is 20.6 Å². The summed E-state index contributed by atoms with van der Waals surface area (Å²) in [4.78, 5) is 19.1. The largest absolute Gasteiger partial charge is 0.349 e. The molecule has 0 saturated heterocycles. The first kappa shape index (κ1) is 12.9. The molecule has 0 fully saturated rings. The number of rotatable bonds is 6. The second-order valence-electron chi connectivity index (χ2n) is 3.23. The molecule has 0 radical (unpaired) electrons. The first-order chi connectivity index (χ1) is 7.75. The Balaban J connectivity index is 2.33. The summed E-state index contributed by atoms with van der Waals surface area (Å²) in [7, 11) is 0. The van der Waals surface area contributed by atoms with E-state index in [-0.39, 0.29) is 16.6 Å². The van der Waals surface area contributed by atoms with E-state index in [2.05, 4.69) is 27.5 Å². The van der Waals surface area contributed by atoms with Crippen molar-refractivity contribution >= 4 is 17.5 Å². The molecule has 2 N–H and O–H groups in total. The number of hydrogen-bond donors (Lipinski definition) is 2. The van der Waals surface area contributed by atoms with Crippen molar-refractivity contribution < 1.29 is 4.79 Å². The maximum atomic E-state index is 11.6. The fraction of sp³-hybridized carbons (Fsp3) is 0.500. The third kappa shape index (κ3) is 4.12. The van der Waals surface area contributed by atoms with E-state index in [1.807, 2.05) is 0 Å². The molecular formula is C10H15ClN4O. The predicted octanol–water partition coefficient (Wildman–Crippen LogP) is 0.859. The van der Waals surface area contributed by atoms with Gasteiger partial charge >= 0.3 is 0 Å². The first-order valence-corrected chi connectivity index (χ1v) is 5.58. The van der Waals surface area contributed by atoms with Crippen molar-refractivity contribution in [3.05, 3.63) is 23.2 Å². The van der Waals surface area contributed by atoms with Crippen LogP contribution in [0.4, 0.5) is 0 Å². The summed E-state index contributed by atoms with van der Waals surface area (Å²) in [6, 6.07) is 0. The minimum Gasteiger partial charge on any atom is -0.349 e. The van der Waals surface area contributed by atoms with Crippen molar-refractivity contribution in [2.45, 2.75) is 13.3 Å². The summed E-state index contributed by atoms with van der Waals surface area (Å²) in [6.07, 6.45) is 3.78. The highest BCUT2D eigenvalue weighted by Gasteiger charge is 2.10. The third-order valence-electron chi connectivity index (χ3n) is 1.90. The van der Waals surface area contributed by atoms with Crippen molar-refractivity contribution in [1.29, 1.82) is 0 Å². The Bertz CT molecular complexity index is 345. The van der Waals surface area contributed by atoms with Crippen LogP contribution in [0.3, 0.4) is 0 Å². The summed E-state index contributed by atoms with van der Waals surface area (Å²) < 4.78 is 0. The molecule has 1 rings (SSSR count). The summed E-state index contributed by atoms with van der Waals surface area (Å²) in [6.45, 7) is 4.33. The Labute approximate surface area is 99.6 Å². The number of carbonyl (C=O) groups excluding carboxylic acids is 1. The van der Waals surface area contributed by atoms with Gasteiger partial charge in [0.05, 0.1) is 5.02 Å². The van der Waals surface area contributed by atoms with E-state index in [1.54, 1.807) is 0 Å². The van der Waals surface area contributed by atoms with Crippen LogP contribution in [0.1, 0.15) is 23.8 Å². The molecule has 1 aromatic heterocycles. The van der Waals surface area contributed by atoms with Gasteiger partial charge in [-0.25, -0.2) is 9.97 Å². The van der Waals surface area contributed by atoms with Gasteiger partial charge < -0.3 is 10.6 Å². The molecule has 1 amide bonds. The zero-order valence-electron chi connectivity index (χ0n) is 9.16. The third-order valence-corrected chi connectivity index (χ3v) is 2.17. The van der Waals surface area contributed by atoms with Gasteiger partial charge in [0.25, 0.3) is 5.91 Å². The van der Waals surface area contributed by atoms with Crippen LogP contribution in [0, 0.1) is 0 Å². The Morgan fingerprint density at radius 1 is 1.44 bits per heavy atom. The summed E-state index contributed by atoms with van der Waals surface area (Å²) >= 11 is 5.78. The fourth-order valence-corrected chi connectivity index (χ4v) is 1.32. The lowest BCUT2D eigenvalue weighted by Gasteiger charge is -2.06. The van der Waals surface area contributed by atoms with E-state index in [0.717, 1.165) is 19.5 Å². The molecule has 0 aliphatic carbocycles. The molecule has 0 bridgehead atoms. The maximum absolute atomic E-state index is 11.6. The van der Waals surface area contributed by atoms with Crippen LogP contribution in [-0.4, -0.2) is 35.5 Å². The van der Waals surface area contributed by atoms with Crippen molar-refractivity contribution in [2.24, 2.45) is 0 Å². The first-order valence-electron chi connectivity index (χ1n) is 5.20. The molecule has 5 nitrogen and oxygen atoms in total. The maximum Gasteiger partial charge on any atom is 0.271 e. The fourth-order valence-electron chi connectivity index (χ4n) is 1.13. The van der Waals surface area contributed by atoms with Crippen LogP contribution in [0.2, 0.25) is 5.02 Å². The number of nitrogens with zero attached hydrogens (tertiary/aromatic N) is 2. The van der Waals surface area contributed by atoms with Crippen molar-refractivity contribution in [2.75, 3.05) is 19.6 Å². The number of halogens is 1. The Kier molecular flexibility index (Phi) is 5.74. The quantitative estimate of drug-likeness (QED) is 0.727. The van der Waals surface area contributed by atoms with E-state index in [1.165, 1.54) is 12.5 Å². The van der Waals surface area contributed by atoms with Crippen LogP contribution >= 0.6 is 11.6 Å². The lowest BCUT2D eigenvalue weighted by Crippen LogP contribution is -2.32. The number of carbonyl (C=O) groups is 1. The number of hydrogen-bond acceptors (Lipinski definition) is 4. The highest BCUT2D eigenvalue weighted by Crippen LogP contribution is 2.09. The number of aromatic nitrogens is 2. The smallest absolute Gasteiger partial charge is 0.271 e. The highest BCUT2D eigenvalue weighted by atomic mass is 35.5. The molecule has 0 atom stereocenters. The molecule has 6 heteroatoms. The zero-order chi connectivity index (χ0) is 11.8. The molecule has 0 aliphatic heterocycles. The second-order valence-corrected chi connectivity index (χ2v) is 3.63. The Morgan fingerprint density at radius 2 is 2.25 bits per heavy atom. The van der Waals surface area contributed by atoms with Crippen LogP contribution < -0.4 is 10.6 Å². The van der Waals surface area contributed by atoms with Crippen LogP contribution in [-0.2, 0) is 0 Å². The van der Waals surface area contributed by atoms with E-state index >= 15 is 0 Å². The van der Waals surface area contributed by atoms with Gasteiger partial charge in [-0.05, 0) is 13.0 Å². The van der Waals surface area contributed by atoms with Gasteiger partial charge in [-0.2, -0.15) is 0 Å². The molecular weight excluding hydrogens is 228 g/mol. The predicted molar refractivity (Wildman–Crippen MR) is 62.5 cm³/mol. The van der Waals surface area contributed by atoms with Crippen molar-refractivity contribution in [3.63, 3.8) is 0 Å². The molecule has 16 heavy (non-hydrogen) atoms. The van der Waals surface area contributed by atoms with Gasteiger partial charge in [-0.1, -0.05) is 18.5 Å². The minimum atomic E-state index is -0.273. The standard InChI is InChI=1S/C10H15ClN4O/c1-2-3-12-4-5-14-10(16)9-8(11)6-13-7-15-9/h6-7,12H,2-5H2,1H3,(H,14,16). The normalized spacial score (nSPS) is 10.1. The molecule has 1 aromatic rings. The summed E-state index contributed by atoms with van der Waals surface area (Å²) in [5, 5.41) is 6.16. The van der Waals surface area contributed by atoms with Crippen molar-refractivity contribution in [3.8, 4) is 0 Å². The SMILES string of the molecule is CCCNCCNC(=O)c1ncncc1Cl. The molecule has 0 unspecified atom stereocenters. The molecule has 0 aliphatic rings. The lowest BCUT2D eigenvalue weighted by atomic mass is 10.4. The van der Waals surface area contributed by atoms with Crippen LogP contribution in [0.25, 0.3) is 0 Å². The van der Waals surface area contributed by atoms with Gasteiger partial charge in [-0.15, -0.1) is 0 Å². The monoisotopic (exact) mass is 242 g/mol. The van der Waals surface area contributed by atoms with Crippen LogP contribution in [0.15, 0.2) is 12.5 Å². The van der Waals surface area contributed by atoms with Gasteiger partial charge in [0.15, 0.2) is 0 Å². The summed E-state index contributed by atoms with van der Waals surface area (Å²) in [5.74, 6) is -0.273. The lowest BCUT2D eigenvalue weighted by molar-refractivity contribution is 0.0949. The number of nitrogens with one attached hydrogen (secondary N) is 2. The Hall–Kier alpha value is -1.20. The average molecular weight is 243 g/mol. The van der Waals surface area contributed by atoms with E-state index in [4.69, 9.17) is 11.6 Å². The molecule has 0 saturated carbocycles. The van der Waals surface area contributed by atoms with E-state index in [0.29, 0.717) is 6.54 Å².